The summed E-state index contributed by atoms with van der Waals surface area (Å²) < 4.78 is 17.5. The average Bonchev–Trinajstić information content (AvgIpc) is 2.03. The van der Waals surface area contributed by atoms with Crippen LogP contribution in [0, 0.1) is 10.7 Å². The van der Waals surface area contributed by atoms with E-state index in [1.54, 1.807) is 0 Å². The molecule has 1 aromatic carbocycles. The maximum atomic E-state index is 12.8. The molecule has 1 aromatic rings. The van der Waals surface area contributed by atoms with Gasteiger partial charge in [0.1, 0.15) is 5.75 Å². The van der Waals surface area contributed by atoms with Crippen LogP contribution in [0.4, 0.5) is 10.1 Å². The number of rotatable bonds is 2. The number of halogens is 1. The summed E-state index contributed by atoms with van der Waals surface area (Å²) in [6, 6.07) is 3.51. The van der Waals surface area contributed by atoms with Gasteiger partial charge in [0.2, 0.25) is 5.82 Å². The molecule has 0 atom stereocenters. The fraction of sp³-hybridized carbons (Fsp3) is 0.143. The number of hydrogen-bond acceptors (Lipinski definition) is 2. The van der Waals surface area contributed by atoms with Gasteiger partial charge in [0.05, 0.1) is 12.0 Å². The third-order valence-corrected chi connectivity index (χ3v) is 1.36. The predicted molar refractivity (Wildman–Crippen MR) is 38.0 cm³/mol. The summed E-state index contributed by atoms with van der Waals surface area (Å²) in [7, 11) is 1.38. The van der Waals surface area contributed by atoms with Gasteiger partial charge < -0.3 is 4.74 Å². The molecule has 1 rings (SSSR count). The molecule has 5 heteroatoms. The number of benzene rings is 1. The van der Waals surface area contributed by atoms with Gasteiger partial charge >= 0.3 is 5.69 Å². The fourth-order valence-corrected chi connectivity index (χ4v) is 0.770. The molecule has 0 aliphatic carbocycles. The fourth-order valence-electron chi connectivity index (χ4n) is 0.770. The minimum absolute atomic E-state index is 0.290. The van der Waals surface area contributed by atoms with Crippen molar-refractivity contribution < 1.29 is 19.3 Å². The minimum atomic E-state index is -0.827. The Balaban J connectivity index is 3.12. The average molecular weight is 172 g/mol. The van der Waals surface area contributed by atoms with Crippen molar-refractivity contribution in [1.82, 2.24) is 0 Å². The molecule has 0 saturated heterocycles. The summed E-state index contributed by atoms with van der Waals surface area (Å²) in [5, 5.41) is 8.37. The molecular weight excluding hydrogens is 165 g/mol. The molecule has 12 heavy (non-hydrogen) atoms. The SMILES string of the molecule is COc1ccc([N+](=O)O)c(F)c1. The lowest BCUT2D eigenvalue weighted by Gasteiger charge is -1.96. The Morgan fingerprint density at radius 1 is 1.58 bits per heavy atom. The molecule has 0 fully saturated rings. The van der Waals surface area contributed by atoms with E-state index >= 15 is 0 Å². The molecular formula is C7H7FNO3+. The summed E-state index contributed by atoms with van der Waals surface area (Å²) >= 11 is 0. The van der Waals surface area contributed by atoms with Crippen molar-refractivity contribution in [3.8, 4) is 5.75 Å². The van der Waals surface area contributed by atoms with Gasteiger partial charge in [-0.15, -0.1) is 0 Å². The molecule has 0 saturated carbocycles. The van der Waals surface area contributed by atoms with Crippen molar-refractivity contribution in [2.75, 3.05) is 7.11 Å². The molecule has 0 bridgehead atoms. The van der Waals surface area contributed by atoms with Crippen LogP contribution in [-0.2, 0) is 0 Å². The molecule has 0 spiro atoms. The highest BCUT2D eigenvalue weighted by Crippen LogP contribution is 2.21. The van der Waals surface area contributed by atoms with E-state index in [0.717, 1.165) is 12.1 Å². The highest BCUT2D eigenvalue weighted by molar-refractivity contribution is 5.37. The van der Waals surface area contributed by atoms with Crippen LogP contribution in [0.15, 0.2) is 18.2 Å². The van der Waals surface area contributed by atoms with Crippen molar-refractivity contribution in [2.45, 2.75) is 0 Å². The molecule has 64 valence electrons. The summed E-state index contributed by atoms with van der Waals surface area (Å²) in [6.07, 6.45) is 0. The predicted octanol–water partition coefficient (Wildman–Crippen LogP) is 1.63. The molecule has 0 unspecified atom stereocenters. The minimum Gasteiger partial charge on any atom is -0.497 e. The lowest BCUT2D eigenvalue weighted by atomic mass is 10.3. The number of ether oxygens (including phenoxy) is 1. The van der Waals surface area contributed by atoms with E-state index in [4.69, 9.17) is 5.21 Å². The molecule has 0 heterocycles. The van der Waals surface area contributed by atoms with E-state index in [1.165, 1.54) is 13.2 Å². The van der Waals surface area contributed by atoms with Crippen LogP contribution in [0.5, 0.6) is 5.75 Å². The summed E-state index contributed by atoms with van der Waals surface area (Å²) in [5.74, 6) is -0.537. The van der Waals surface area contributed by atoms with E-state index in [2.05, 4.69) is 4.74 Å². The number of hydrogen-bond donors (Lipinski definition) is 1. The van der Waals surface area contributed by atoms with E-state index in [9.17, 15) is 9.30 Å². The highest BCUT2D eigenvalue weighted by atomic mass is 19.1. The van der Waals surface area contributed by atoms with Gasteiger partial charge in [0.15, 0.2) is 0 Å². The summed E-state index contributed by atoms with van der Waals surface area (Å²) in [5.41, 5.74) is -0.434. The standard InChI is InChI=1S/C7H7FNO3/c1-12-5-2-3-7(9(10)11)6(8)4-5/h2-4H,1H3,(H,10,11)/q+1. The van der Waals surface area contributed by atoms with Gasteiger partial charge in [-0.2, -0.15) is 4.39 Å². The molecule has 0 aliphatic rings. The zero-order valence-electron chi connectivity index (χ0n) is 6.32. The highest BCUT2D eigenvalue weighted by Gasteiger charge is 2.18. The largest absolute Gasteiger partial charge is 0.497 e. The zero-order chi connectivity index (χ0) is 9.14. The van der Waals surface area contributed by atoms with Crippen molar-refractivity contribution in [3.63, 3.8) is 0 Å². The monoisotopic (exact) mass is 172 g/mol. The van der Waals surface area contributed by atoms with Crippen LogP contribution in [-0.4, -0.2) is 17.2 Å². The molecule has 0 radical (unpaired) electrons. The van der Waals surface area contributed by atoms with Gasteiger partial charge in [-0.1, -0.05) is 0 Å². The summed E-state index contributed by atoms with van der Waals surface area (Å²) in [6.45, 7) is 0. The summed E-state index contributed by atoms with van der Waals surface area (Å²) in [4.78, 5) is 9.72. The molecule has 1 N–H and O–H groups in total. The third-order valence-electron chi connectivity index (χ3n) is 1.36. The Bertz CT molecular complexity index is 314. The first-order chi connectivity index (χ1) is 5.65. The Labute approximate surface area is 67.7 Å². The van der Waals surface area contributed by atoms with Crippen LogP contribution in [0.3, 0.4) is 0 Å². The van der Waals surface area contributed by atoms with E-state index in [1.807, 2.05) is 0 Å². The zero-order valence-corrected chi connectivity index (χ0v) is 6.32. The van der Waals surface area contributed by atoms with Crippen LogP contribution >= 0.6 is 0 Å². The topological polar surface area (TPSA) is 49.5 Å². The molecule has 0 aromatic heterocycles. The maximum Gasteiger partial charge on any atom is 0.352 e. The lowest BCUT2D eigenvalue weighted by Crippen LogP contribution is -1.95. The van der Waals surface area contributed by atoms with E-state index in [0.29, 0.717) is 0 Å². The van der Waals surface area contributed by atoms with E-state index < -0.39 is 16.4 Å². The second-order valence-corrected chi connectivity index (χ2v) is 2.09. The van der Waals surface area contributed by atoms with E-state index in [-0.39, 0.29) is 5.75 Å². The normalized spacial score (nSPS) is 9.50. The van der Waals surface area contributed by atoms with Gasteiger partial charge in [0.25, 0.3) is 4.92 Å². The Morgan fingerprint density at radius 2 is 2.25 bits per heavy atom. The lowest BCUT2D eigenvalue weighted by molar-refractivity contribution is -0.730. The van der Waals surface area contributed by atoms with Crippen LogP contribution in [0.25, 0.3) is 0 Å². The maximum absolute atomic E-state index is 12.8. The first-order valence-electron chi connectivity index (χ1n) is 3.15. The number of methoxy groups -OCH3 is 1. The van der Waals surface area contributed by atoms with Crippen LogP contribution in [0.1, 0.15) is 0 Å². The molecule has 0 aliphatic heterocycles. The smallest absolute Gasteiger partial charge is 0.352 e. The quantitative estimate of drug-likeness (QED) is 0.690. The Hall–Kier alpha value is -1.65. The van der Waals surface area contributed by atoms with Gasteiger partial charge in [-0.05, 0) is 6.07 Å². The van der Waals surface area contributed by atoms with Gasteiger partial charge in [-0.3, -0.25) is 0 Å². The molecule has 4 nitrogen and oxygen atoms in total. The van der Waals surface area contributed by atoms with Crippen LogP contribution in [0.2, 0.25) is 0 Å². The second kappa shape index (κ2) is 3.17. The van der Waals surface area contributed by atoms with Crippen LogP contribution < -0.4 is 4.74 Å². The van der Waals surface area contributed by atoms with Gasteiger partial charge in [-0.25, -0.2) is 5.21 Å². The van der Waals surface area contributed by atoms with Crippen molar-refractivity contribution in [1.29, 1.82) is 0 Å². The van der Waals surface area contributed by atoms with Gasteiger partial charge in [0, 0.05) is 12.1 Å². The Morgan fingerprint density at radius 3 is 2.67 bits per heavy atom. The number of nitrogens with zero attached hydrogens (tertiary/aromatic N) is 1. The van der Waals surface area contributed by atoms with Crippen molar-refractivity contribution >= 4 is 5.69 Å². The third kappa shape index (κ3) is 1.50. The second-order valence-electron chi connectivity index (χ2n) is 2.09. The first-order valence-corrected chi connectivity index (χ1v) is 3.15. The van der Waals surface area contributed by atoms with Crippen molar-refractivity contribution in [2.24, 2.45) is 0 Å². The molecule has 0 amide bonds. The Kier molecular flexibility index (Phi) is 2.23. The van der Waals surface area contributed by atoms with Crippen molar-refractivity contribution in [3.05, 3.63) is 28.9 Å². The first kappa shape index (κ1) is 8.45.